The Kier molecular flexibility index (Phi) is 6.76. The molecule has 1 aromatic carbocycles. The lowest BCUT2D eigenvalue weighted by molar-refractivity contribution is -0.134. The third kappa shape index (κ3) is 6.50. The fourth-order valence-corrected chi connectivity index (χ4v) is 1.65. The van der Waals surface area contributed by atoms with Crippen LogP contribution in [-0.2, 0) is 4.79 Å². The van der Waals surface area contributed by atoms with Crippen LogP contribution in [0.5, 0.6) is 0 Å². The predicted molar refractivity (Wildman–Crippen MR) is 79.6 cm³/mol. The summed E-state index contributed by atoms with van der Waals surface area (Å²) in [6, 6.07) is 9.34. The third-order valence-electron chi connectivity index (χ3n) is 2.57. The molecule has 20 heavy (non-hydrogen) atoms. The molecule has 0 saturated heterocycles. The van der Waals surface area contributed by atoms with Gasteiger partial charge in [-0.05, 0) is 18.4 Å². The van der Waals surface area contributed by atoms with Gasteiger partial charge in [-0.2, -0.15) is 0 Å². The van der Waals surface area contributed by atoms with Crippen LogP contribution in [-0.4, -0.2) is 16.9 Å². The second-order valence-electron chi connectivity index (χ2n) is 4.32. The highest BCUT2D eigenvalue weighted by Crippen LogP contribution is 2.13. The second-order valence-corrected chi connectivity index (χ2v) is 4.32. The number of carbonyl (C=O) groups is 2. The Labute approximate surface area is 118 Å². The number of aliphatic carboxylic acids is 1. The molecule has 0 saturated carbocycles. The van der Waals surface area contributed by atoms with Crippen LogP contribution in [0.25, 0.3) is 0 Å². The van der Waals surface area contributed by atoms with Crippen molar-refractivity contribution in [2.75, 3.05) is 0 Å². The highest BCUT2D eigenvalue weighted by atomic mass is 16.4. The molecule has 3 nitrogen and oxygen atoms in total. The smallest absolute Gasteiger partial charge is 0.300 e. The summed E-state index contributed by atoms with van der Waals surface area (Å²) in [6.07, 6.45) is 12.9. The van der Waals surface area contributed by atoms with Crippen LogP contribution in [0.2, 0.25) is 0 Å². The molecule has 0 radical (unpaired) electrons. The van der Waals surface area contributed by atoms with Crippen molar-refractivity contribution in [1.29, 1.82) is 0 Å². The fourth-order valence-electron chi connectivity index (χ4n) is 1.65. The molecule has 1 unspecified atom stereocenters. The molecule has 0 spiro atoms. The molecule has 0 fully saturated rings. The third-order valence-corrected chi connectivity index (χ3v) is 2.57. The number of ketones is 1. The predicted octanol–water partition coefficient (Wildman–Crippen LogP) is 3.65. The molecule has 0 heterocycles. The molecule has 1 aromatic rings. The summed E-state index contributed by atoms with van der Waals surface area (Å²) >= 11 is 0. The van der Waals surface area contributed by atoms with Crippen LogP contribution in [0.15, 0.2) is 66.8 Å². The minimum absolute atomic E-state index is 0.0727. The minimum atomic E-state index is -0.833. The molecule has 0 amide bonds. The van der Waals surface area contributed by atoms with Crippen LogP contribution >= 0.6 is 0 Å². The van der Waals surface area contributed by atoms with Crippen molar-refractivity contribution in [3.8, 4) is 0 Å². The molecular formula is C17H18O3. The molecular weight excluding hydrogens is 252 g/mol. The first-order valence-electron chi connectivity index (χ1n) is 6.40. The Morgan fingerprint density at radius 3 is 2.40 bits per heavy atom. The van der Waals surface area contributed by atoms with Crippen LogP contribution in [0, 0.1) is 5.92 Å². The lowest BCUT2D eigenvalue weighted by Crippen LogP contribution is -1.97. The summed E-state index contributed by atoms with van der Waals surface area (Å²) in [7, 11) is 0. The van der Waals surface area contributed by atoms with E-state index in [1.54, 1.807) is 6.08 Å². The molecule has 104 valence electrons. The van der Waals surface area contributed by atoms with Gasteiger partial charge in [0.15, 0.2) is 5.78 Å². The zero-order chi connectivity index (χ0) is 14.8. The number of benzene rings is 1. The van der Waals surface area contributed by atoms with E-state index in [1.165, 1.54) is 0 Å². The summed E-state index contributed by atoms with van der Waals surface area (Å²) in [5.41, 5.74) is 0.745. The minimum Gasteiger partial charge on any atom is -0.481 e. The second kappa shape index (κ2) is 8.64. The van der Waals surface area contributed by atoms with Gasteiger partial charge in [0.05, 0.1) is 0 Å². The summed E-state index contributed by atoms with van der Waals surface area (Å²) in [4.78, 5) is 20.8. The largest absolute Gasteiger partial charge is 0.481 e. The molecule has 1 aliphatic carbocycles. The van der Waals surface area contributed by atoms with E-state index in [1.807, 2.05) is 48.6 Å². The molecule has 2 rings (SSSR count). The van der Waals surface area contributed by atoms with E-state index >= 15 is 0 Å². The van der Waals surface area contributed by atoms with Crippen molar-refractivity contribution < 1.29 is 14.7 Å². The average Bonchev–Trinajstić information content (AvgIpc) is 2.46. The van der Waals surface area contributed by atoms with Gasteiger partial charge < -0.3 is 5.11 Å². The summed E-state index contributed by atoms with van der Waals surface area (Å²) in [6.45, 7) is 1.08. The van der Waals surface area contributed by atoms with Gasteiger partial charge in [-0.25, -0.2) is 0 Å². The van der Waals surface area contributed by atoms with Gasteiger partial charge in [0.2, 0.25) is 0 Å². The maximum atomic E-state index is 11.8. The first kappa shape index (κ1) is 15.6. The van der Waals surface area contributed by atoms with E-state index in [-0.39, 0.29) is 5.78 Å². The number of hydrogen-bond acceptors (Lipinski definition) is 2. The van der Waals surface area contributed by atoms with E-state index in [0.29, 0.717) is 5.92 Å². The monoisotopic (exact) mass is 270 g/mol. The Bertz CT molecular complexity index is 520. The summed E-state index contributed by atoms with van der Waals surface area (Å²) in [5, 5.41) is 7.42. The first-order valence-corrected chi connectivity index (χ1v) is 6.40. The fraction of sp³-hybridized carbons (Fsp3) is 0.176. The van der Waals surface area contributed by atoms with Crippen LogP contribution < -0.4 is 0 Å². The van der Waals surface area contributed by atoms with E-state index in [0.717, 1.165) is 18.9 Å². The van der Waals surface area contributed by atoms with E-state index in [2.05, 4.69) is 12.2 Å². The number of carboxylic acid groups (broad SMARTS) is 1. The average molecular weight is 270 g/mol. The van der Waals surface area contributed by atoms with Crippen molar-refractivity contribution in [2.45, 2.75) is 13.3 Å². The van der Waals surface area contributed by atoms with Crippen molar-refractivity contribution in [3.63, 3.8) is 0 Å². The maximum Gasteiger partial charge on any atom is 0.300 e. The number of rotatable bonds is 3. The highest BCUT2D eigenvalue weighted by molar-refractivity contribution is 6.04. The molecule has 0 bridgehead atoms. The Morgan fingerprint density at radius 2 is 1.85 bits per heavy atom. The SMILES string of the molecule is CC(=O)O.O=C(C=CC1C=CC=CC1)c1ccccc1. The number of carboxylic acids is 1. The maximum absolute atomic E-state index is 11.8. The normalized spacial score (nSPS) is 16.6. The van der Waals surface area contributed by atoms with Crippen LogP contribution in [0.3, 0.4) is 0 Å². The van der Waals surface area contributed by atoms with E-state index in [9.17, 15) is 4.79 Å². The summed E-state index contributed by atoms with van der Waals surface area (Å²) < 4.78 is 0. The lowest BCUT2D eigenvalue weighted by Gasteiger charge is -2.06. The number of carbonyl (C=O) groups excluding carboxylic acids is 1. The molecule has 0 aliphatic heterocycles. The first-order chi connectivity index (χ1) is 9.59. The molecule has 1 N–H and O–H groups in total. The number of hydrogen-bond donors (Lipinski definition) is 1. The lowest BCUT2D eigenvalue weighted by atomic mass is 9.99. The van der Waals surface area contributed by atoms with Gasteiger partial charge >= 0.3 is 0 Å². The van der Waals surface area contributed by atoms with Crippen LogP contribution in [0.4, 0.5) is 0 Å². The standard InChI is InChI=1S/C15H14O.C2H4O2/c16-15(14-9-5-2-6-10-14)12-11-13-7-3-1-4-8-13;1-2(3)4/h1-7,9-13H,8H2;1H3,(H,3,4). The molecule has 1 atom stereocenters. The van der Waals surface area contributed by atoms with E-state index in [4.69, 9.17) is 9.90 Å². The van der Waals surface area contributed by atoms with Gasteiger partial charge in [-0.15, -0.1) is 0 Å². The zero-order valence-corrected chi connectivity index (χ0v) is 11.4. The van der Waals surface area contributed by atoms with Gasteiger partial charge in [-0.1, -0.05) is 60.7 Å². The molecule has 1 aliphatic rings. The quantitative estimate of drug-likeness (QED) is 0.673. The van der Waals surface area contributed by atoms with Gasteiger partial charge in [0.25, 0.3) is 5.97 Å². The van der Waals surface area contributed by atoms with Gasteiger partial charge in [-0.3, -0.25) is 9.59 Å². The zero-order valence-electron chi connectivity index (χ0n) is 11.4. The van der Waals surface area contributed by atoms with Crippen molar-refractivity contribution >= 4 is 11.8 Å². The topological polar surface area (TPSA) is 54.4 Å². The Morgan fingerprint density at radius 1 is 1.20 bits per heavy atom. The van der Waals surface area contributed by atoms with Gasteiger partial charge in [0.1, 0.15) is 0 Å². The van der Waals surface area contributed by atoms with Crippen molar-refractivity contribution in [2.24, 2.45) is 5.92 Å². The van der Waals surface area contributed by atoms with E-state index < -0.39 is 5.97 Å². The highest BCUT2D eigenvalue weighted by Gasteiger charge is 2.03. The Hall–Kier alpha value is -2.42. The van der Waals surface area contributed by atoms with Gasteiger partial charge in [0, 0.05) is 12.5 Å². The summed E-state index contributed by atoms with van der Waals surface area (Å²) in [5.74, 6) is -0.402. The van der Waals surface area contributed by atoms with Crippen molar-refractivity contribution in [1.82, 2.24) is 0 Å². The molecule has 3 heteroatoms. The Balaban J connectivity index is 0.000000444. The van der Waals surface area contributed by atoms with Crippen LogP contribution in [0.1, 0.15) is 23.7 Å². The van der Waals surface area contributed by atoms with Crippen molar-refractivity contribution in [3.05, 3.63) is 72.4 Å². The number of allylic oxidation sites excluding steroid dienone is 6. The molecule has 0 aromatic heterocycles.